The van der Waals surface area contributed by atoms with Crippen molar-refractivity contribution in [3.8, 4) is 0 Å². The van der Waals surface area contributed by atoms with E-state index in [0.717, 1.165) is 17.7 Å². The molecule has 2 rings (SSSR count). The van der Waals surface area contributed by atoms with E-state index >= 15 is 0 Å². The Labute approximate surface area is 133 Å². The molecule has 0 fully saturated rings. The van der Waals surface area contributed by atoms with Gasteiger partial charge in [0, 0.05) is 25.3 Å². The molecule has 0 amide bonds. The van der Waals surface area contributed by atoms with E-state index in [4.69, 9.17) is 0 Å². The number of nitrogens with zero attached hydrogens (tertiary/aromatic N) is 2. The van der Waals surface area contributed by atoms with Gasteiger partial charge in [0.1, 0.15) is 0 Å². The summed E-state index contributed by atoms with van der Waals surface area (Å²) < 4.78 is 0. The number of hydrogen-bond acceptors (Lipinski definition) is 3. The van der Waals surface area contributed by atoms with Crippen LogP contribution in [0.5, 0.6) is 0 Å². The van der Waals surface area contributed by atoms with Crippen LogP contribution in [0.1, 0.15) is 15.9 Å². The topological polar surface area (TPSA) is 23.6 Å². The van der Waals surface area contributed by atoms with Crippen LogP contribution in [0.15, 0.2) is 54.6 Å². The molecule has 0 saturated heterocycles. The van der Waals surface area contributed by atoms with Gasteiger partial charge < -0.3 is 4.90 Å². The summed E-state index contributed by atoms with van der Waals surface area (Å²) in [4.78, 5) is 16.8. The number of rotatable bonds is 6. The Morgan fingerprint density at radius 1 is 0.909 bits per heavy atom. The monoisotopic (exact) mass is 296 g/mol. The van der Waals surface area contributed by atoms with Crippen molar-refractivity contribution in [2.45, 2.75) is 12.5 Å². The van der Waals surface area contributed by atoms with E-state index in [-0.39, 0.29) is 11.8 Å². The minimum atomic E-state index is -0.146. The molecule has 0 spiro atoms. The summed E-state index contributed by atoms with van der Waals surface area (Å²) in [5.74, 6) is 0.166. The number of hydrogen-bond donors (Lipinski definition) is 0. The average molecular weight is 296 g/mol. The number of benzene rings is 2. The van der Waals surface area contributed by atoms with E-state index < -0.39 is 0 Å². The second-order valence-electron chi connectivity index (χ2n) is 5.97. The number of ketones is 1. The number of likely N-dealkylation sites (N-methyl/N-ethyl adjacent to an activating group) is 1. The minimum absolute atomic E-state index is 0.146. The van der Waals surface area contributed by atoms with Crippen molar-refractivity contribution < 1.29 is 4.79 Å². The van der Waals surface area contributed by atoms with Gasteiger partial charge in [0.15, 0.2) is 5.78 Å². The molecule has 22 heavy (non-hydrogen) atoms. The van der Waals surface area contributed by atoms with Crippen molar-refractivity contribution in [1.29, 1.82) is 0 Å². The Balaban J connectivity index is 2.19. The summed E-state index contributed by atoms with van der Waals surface area (Å²) in [7, 11) is 7.91. The Morgan fingerprint density at radius 2 is 1.50 bits per heavy atom. The SMILES string of the molecule is CN(C)c1ccc(C(=O)C(Cc2ccccc2)N(C)C)cc1. The van der Waals surface area contributed by atoms with Crippen molar-refractivity contribution in [2.75, 3.05) is 33.1 Å². The number of Topliss-reactive ketones (excluding diaryl/α,β-unsaturated/α-hetero) is 1. The first-order valence-corrected chi connectivity index (χ1v) is 7.51. The summed E-state index contributed by atoms with van der Waals surface area (Å²) in [6.45, 7) is 0. The second-order valence-corrected chi connectivity index (χ2v) is 5.97. The van der Waals surface area contributed by atoms with Crippen LogP contribution in [-0.4, -0.2) is 44.9 Å². The molecule has 0 heterocycles. The van der Waals surface area contributed by atoms with Gasteiger partial charge in [0.25, 0.3) is 0 Å². The number of carbonyl (C=O) groups excluding carboxylic acids is 1. The molecule has 0 radical (unpaired) electrons. The van der Waals surface area contributed by atoms with Crippen LogP contribution in [0.4, 0.5) is 5.69 Å². The maximum absolute atomic E-state index is 12.8. The lowest BCUT2D eigenvalue weighted by Gasteiger charge is -2.23. The smallest absolute Gasteiger partial charge is 0.180 e. The first kappa shape index (κ1) is 16.2. The van der Waals surface area contributed by atoms with Gasteiger partial charge in [0.05, 0.1) is 6.04 Å². The zero-order chi connectivity index (χ0) is 16.1. The quantitative estimate of drug-likeness (QED) is 0.765. The molecule has 0 aliphatic carbocycles. The third-order valence-corrected chi connectivity index (χ3v) is 3.87. The van der Waals surface area contributed by atoms with E-state index in [0.29, 0.717) is 0 Å². The summed E-state index contributed by atoms with van der Waals surface area (Å²) in [5, 5.41) is 0. The summed E-state index contributed by atoms with van der Waals surface area (Å²) >= 11 is 0. The maximum Gasteiger partial charge on any atom is 0.180 e. The van der Waals surface area contributed by atoms with Crippen LogP contribution in [0.2, 0.25) is 0 Å². The highest BCUT2D eigenvalue weighted by Gasteiger charge is 2.22. The average Bonchev–Trinajstić information content (AvgIpc) is 2.53. The minimum Gasteiger partial charge on any atom is -0.378 e. The molecular formula is C19H24N2O. The molecule has 2 aromatic carbocycles. The van der Waals surface area contributed by atoms with Crippen molar-refractivity contribution in [3.63, 3.8) is 0 Å². The lowest BCUT2D eigenvalue weighted by atomic mass is 9.96. The van der Waals surface area contributed by atoms with Crippen LogP contribution in [0, 0.1) is 0 Å². The zero-order valence-corrected chi connectivity index (χ0v) is 13.8. The Kier molecular flexibility index (Phi) is 5.34. The van der Waals surface area contributed by atoms with Crippen LogP contribution in [-0.2, 0) is 6.42 Å². The molecular weight excluding hydrogens is 272 g/mol. The predicted molar refractivity (Wildman–Crippen MR) is 92.7 cm³/mol. The van der Waals surface area contributed by atoms with E-state index in [1.54, 1.807) is 0 Å². The molecule has 2 aromatic rings. The van der Waals surface area contributed by atoms with Crippen molar-refractivity contribution in [2.24, 2.45) is 0 Å². The zero-order valence-electron chi connectivity index (χ0n) is 13.8. The molecule has 3 heteroatoms. The summed E-state index contributed by atoms with van der Waals surface area (Å²) in [6.07, 6.45) is 0.724. The van der Waals surface area contributed by atoms with Crippen LogP contribution in [0.3, 0.4) is 0 Å². The van der Waals surface area contributed by atoms with E-state index in [9.17, 15) is 4.79 Å². The molecule has 3 nitrogen and oxygen atoms in total. The Morgan fingerprint density at radius 3 is 2.00 bits per heavy atom. The highest BCUT2D eigenvalue weighted by atomic mass is 16.1. The van der Waals surface area contributed by atoms with Gasteiger partial charge in [-0.1, -0.05) is 30.3 Å². The predicted octanol–water partition coefficient (Wildman–Crippen LogP) is 3.11. The Bertz CT molecular complexity index is 603. The number of anilines is 1. The third kappa shape index (κ3) is 3.95. The highest BCUT2D eigenvalue weighted by Crippen LogP contribution is 2.16. The van der Waals surface area contributed by atoms with E-state index in [2.05, 4.69) is 12.1 Å². The van der Waals surface area contributed by atoms with Gasteiger partial charge >= 0.3 is 0 Å². The first-order valence-electron chi connectivity index (χ1n) is 7.51. The van der Waals surface area contributed by atoms with Gasteiger partial charge in [-0.15, -0.1) is 0 Å². The van der Waals surface area contributed by atoms with Gasteiger partial charge in [0.2, 0.25) is 0 Å². The lowest BCUT2D eigenvalue weighted by molar-refractivity contribution is 0.0875. The van der Waals surface area contributed by atoms with Crippen LogP contribution < -0.4 is 4.90 Å². The molecule has 1 atom stereocenters. The van der Waals surface area contributed by atoms with Crippen LogP contribution in [0.25, 0.3) is 0 Å². The molecule has 0 aliphatic rings. The molecule has 0 aliphatic heterocycles. The largest absolute Gasteiger partial charge is 0.378 e. The van der Waals surface area contributed by atoms with Crippen LogP contribution >= 0.6 is 0 Å². The number of carbonyl (C=O) groups is 1. The molecule has 1 unspecified atom stereocenters. The standard InChI is InChI=1S/C19H24N2O/c1-20(2)17-12-10-16(11-13-17)19(22)18(21(3)4)14-15-8-6-5-7-9-15/h5-13,18H,14H2,1-4H3. The molecule has 0 aromatic heterocycles. The first-order chi connectivity index (χ1) is 10.5. The van der Waals surface area contributed by atoms with Crippen molar-refractivity contribution >= 4 is 11.5 Å². The highest BCUT2D eigenvalue weighted by molar-refractivity contribution is 6.00. The normalized spacial score (nSPS) is 12.2. The van der Waals surface area contributed by atoms with Crippen molar-refractivity contribution in [3.05, 3.63) is 65.7 Å². The van der Waals surface area contributed by atoms with E-state index in [1.807, 2.05) is 80.5 Å². The van der Waals surface area contributed by atoms with Crippen molar-refractivity contribution in [1.82, 2.24) is 4.90 Å². The fourth-order valence-electron chi connectivity index (χ4n) is 2.46. The van der Waals surface area contributed by atoms with Gasteiger partial charge in [-0.05, 0) is 50.3 Å². The molecule has 116 valence electrons. The second kappa shape index (κ2) is 7.23. The van der Waals surface area contributed by atoms with Gasteiger partial charge in [-0.3, -0.25) is 9.69 Å². The Hall–Kier alpha value is -2.13. The molecule has 0 N–H and O–H groups in total. The molecule has 0 bridgehead atoms. The summed E-state index contributed by atoms with van der Waals surface area (Å²) in [6, 6.07) is 17.8. The fourth-order valence-corrected chi connectivity index (χ4v) is 2.46. The van der Waals surface area contributed by atoms with E-state index in [1.165, 1.54) is 5.56 Å². The summed E-state index contributed by atoms with van der Waals surface area (Å²) in [5.41, 5.74) is 3.04. The van der Waals surface area contributed by atoms with Gasteiger partial charge in [-0.25, -0.2) is 0 Å². The third-order valence-electron chi connectivity index (χ3n) is 3.87. The van der Waals surface area contributed by atoms with Gasteiger partial charge in [-0.2, -0.15) is 0 Å². The lowest BCUT2D eigenvalue weighted by Crippen LogP contribution is -2.37. The fraction of sp³-hybridized carbons (Fsp3) is 0.316. The molecule has 0 saturated carbocycles. The maximum atomic E-state index is 12.8.